The molecule has 2 aromatic rings. The first-order valence-electron chi connectivity index (χ1n) is 10.0. The van der Waals surface area contributed by atoms with Gasteiger partial charge in [0.1, 0.15) is 5.75 Å². The van der Waals surface area contributed by atoms with Gasteiger partial charge in [-0.25, -0.2) is 0 Å². The molecule has 1 aliphatic heterocycles. The molecule has 2 aromatic carbocycles. The average molecular weight is 364 g/mol. The lowest BCUT2D eigenvalue weighted by atomic mass is 10.0. The van der Waals surface area contributed by atoms with Gasteiger partial charge in [0.2, 0.25) is 0 Å². The summed E-state index contributed by atoms with van der Waals surface area (Å²) in [4.78, 5) is 15.2. The number of carbonyl (C=O) groups is 1. The zero-order chi connectivity index (χ0) is 18.6. The second-order valence-corrected chi connectivity index (χ2v) is 7.58. The molecule has 0 unspecified atom stereocenters. The molecule has 1 heterocycles. The van der Waals surface area contributed by atoms with Crippen LogP contribution in [-0.4, -0.2) is 37.6 Å². The number of fused-ring (bicyclic) bond motifs is 1. The van der Waals surface area contributed by atoms with Gasteiger partial charge in [0.05, 0.1) is 13.2 Å². The third-order valence-electron chi connectivity index (χ3n) is 5.90. The van der Waals surface area contributed by atoms with Gasteiger partial charge in [0.15, 0.2) is 0 Å². The van der Waals surface area contributed by atoms with Crippen molar-refractivity contribution in [2.24, 2.45) is 0 Å². The predicted molar refractivity (Wildman–Crippen MR) is 107 cm³/mol. The number of benzene rings is 2. The van der Waals surface area contributed by atoms with Crippen molar-refractivity contribution >= 4 is 5.91 Å². The minimum atomic E-state index is 0.0300. The summed E-state index contributed by atoms with van der Waals surface area (Å²) in [6.07, 6.45) is 5.90. The lowest BCUT2D eigenvalue weighted by Crippen LogP contribution is -2.36. The highest BCUT2D eigenvalue weighted by atomic mass is 16.5. The van der Waals surface area contributed by atoms with Crippen LogP contribution in [0.2, 0.25) is 0 Å². The van der Waals surface area contributed by atoms with Crippen LogP contribution in [0.3, 0.4) is 0 Å². The Morgan fingerprint density at radius 3 is 2.52 bits per heavy atom. The summed E-state index contributed by atoms with van der Waals surface area (Å²) in [5.41, 5.74) is 4.76. The molecular formula is C23H28N2O2. The fourth-order valence-electron chi connectivity index (χ4n) is 4.34. The molecule has 142 valence electrons. The normalized spacial score (nSPS) is 17.5. The number of carbonyl (C=O) groups excluding carboxylic acids is 1. The van der Waals surface area contributed by atoms with Gasteiger partial charge in [0, 0.05) is 12.1 Å². The van der Waals surface area contributed by atoms with E-state index in [4.69, 9.17) is 4.74 Å². The Balaban J connectivity index is 1.47. The molecule has 1 aliphatic carbocycles. The predicted octanol–water partition coefficient (Wildman–Crippen LogP) is 3.75. The van der Waals surface area contributed by atoms with Gasteiger partial charge in [-0.15, -0.1) is 0 Å². The Morgan fingerprint density at radius 2 is 1.78 bits per heavy atom. The number of likely N-dealkylation sites (tertiary alicyclic amines) is 1. The van der Waals surface area contributed by atoms with E-state index in [1.807, 2.05) is 18.2 Å². The summed E-state index contributed by atoms with van der Waals surface area (Å²) in [6.45, 7) is 2.80. The summed E-state index contributed by atoms with van der Waals surface area (Å²) in [7, 11) is 1.68. The van der Waals surface area contributed by atoms with Crippen molar-refractivity contribution in [3.05, 3.63) is 64.7 Å². The molecule has 1 saturated heterocycles. The van der Waals surface area contributed by atoms with Crippen LogP contribution in [0, 0.1) is 0 Å². The number of methoxy groups -OCH3 is 1. The van der Waals surface area contributed by atoms with Crippen molar-refractivity contribution < 1.29 is 9.53 Å². The molecule has 2 aliphatic rings. The molecule has 4 heteroatoms. The van der Waals surface area contributed by atoms with E-state index in [1.54, 1.807) is 7.11 Å². The first-order valence-corrected chi connectivity index (χ1v) is 10.0. The summed E-state index contributed by atoms with van der Waals surface area (Å²) in [6, 6.07) is 14.6. The highest BCUT2D eigenvalue weighted by Gasteiger charge is 2.24. The topological polar surface area (TPSA) is 41.6 Å². The summed E-state index contributed by atoms with van der Waals surface area (Å²) >= 11 is 0. The number of nitrogens with zero attached hydrogens (tertiary/aromatic N) is 1. The SMILES string of the molecule is COc1ccc([C@@H](CNC(=O)c2ccc3c(c2)CCC3)N2CCCC2)cc1. The Kier molecular flexibility index (Phi) is 5.44. The Bertz CT molecular complexity index is 795. The molecule has 0 bridgehead atoms. The van der Waals surface area contributed by atoms with Crippen LogP contribution in [0.25, 0.3) is 0 Å². The lowest BCUT2D eigenvalue weighted by Gasteiger charge is -2.28. The summed E-state index contributed by atoms with van der Waals surface area (Å²) < 4.78 is 5.28. The Morgan fingerprint density at radius 1 is 1.04 bits per heavy atom. The van der Waals surface area contributed by atoms with Crippen LogP contribution >= 0.6 is 0 Å². The van der Waals surface area contributed by atoms with Gasteiger partial charge < -0.3 is 10.1 Å². The zero-order valence-corrected chi connectivity index (χ0v) is 16.0. The Hall–Kier alpha value is -2.33. The second kappa shape index (κ2) is 8.13. The highest BCUT2D eigenvalue weighted by Crippen LogP contribution is 2.27. The molecule has 0 saturated carbocycles. The lowest BCUT2D eigenvalue weighted by molar-refractivity contribution is 0.0938. The number of nitrogens with one attached hydrogen (secondary N) is 1. The van der Waals surface area contributed by atoms with Crippen LogP contribution in [0.4, 0.5) is 0 Å². The first-order chi connectivity index (χ1) is 13.2. The molecule has 1 atom stereocenters. The molecule has 1 N–H and O–H groups in total. The molecule has 1 fully saturated rings. The van der Waals surface area contributed by atoms with Crippen molar-refractivity contribution in [1.82, 2.24) is 10.2 Å². The summed E-state index contributed by atoms with van der Waals surface area (Å²) in [5.74, 6) is 0.892. The van der Waals surface area contributed by atoms with Gasteiger partial charge >= 0.3 is 0 Å². The van der Waals surface area contributed by atoms with E-state index in [0.717, 1.165) is 37.2 Å². The quantitative estimate of drug-likeness (QED) is 0.849. The standard InChI is InChI=1S/C23H28N2O2/c1-27-21-11-9-18(10-12-21)22(25-13-2-3-14-25)16-24-23(26)20-8-7-17-5-4-6-19(17)15-20/h7-12,15,22H,2-6,13-14,16H2,1H3,(H,24,26)/t22-/m1/s1. The number of aryl methyl sites for hydroxylation is 2. The number of hydrogen-bond donors (Lipinski definition) is 1. The van der Waals surface area contributed by atoms with Gasteiger partial charge in [-0.05, 0) is 86.1 Å². The molecule has 1 amide bonds. The summed E-state index contributed by atoms with van der Waals surface area (Å²) in [5, 5.41) is 3.18. The van der Waals surface area contributed by atoms with Crippen LogP contribution < -0.4 is 10.1 Å². The van der Waals surface area contributed by atoms with Crippen LogP contribution in [0.1, 0.15) is 52.4 Å². The highest BCUT2D eigenvalue weighted by molar-refractivity contribution is 5.94. The fourth-order valence-corrected chi connectivity index (χ4v) is 4.34. The maximum atomic E-state index is 12.7. The number of rotatable bonds is 6. The molecule has 0 radical (unpaired) electrons. The van der Waals surface area contributed by atoms with E-state index in [-0.39, 0.29) is 11.9 Å². The molecule has 4 rings (SSSR count). The zero-order valence-electron chi connectivity index (χ0n) is 16.0. The van der Waals surface area contributed by atoms with Crippen molar-refractivity contribution in [2.75, 3.05) is 26.7 Å². The van der Waals surface area contributed by atoms with E-state index < -0.39 is 0 Å². The Labute approximate surface area is 161 Å². The van der Waals surface area contributed by atoms with Gasteiger partial charge in [-0.1, -0.05) is 18.2 Å². The largest absolute Gasteiger partial charge is 0.497 e. The van der Waals surface area contributed by atoms with Crippen LogP contribution in [0.5, 0.6) is 5.75 Å². The third kappa shape index (κ3) is 4.01. The smallest absolute Gasteiger partial charge is 0.251 e. The van der Waals surface area contributed by atoms with Gasteiger partial charge in [-0.2, -0.15) is 0 Å². The minimum Gasteiger partial charge on any atom is -0.497 e. The monoisotopic (exact) mass is 364 g/mol. The van der Waals surface area contributed by atoms with E-state index >= 15 is 0 Å². The van der Waals surface area contributed by atoms with Crippen LogP contribution in [0.15, 0.2) is 42.5 Å². The van der Waals surface area contributed by atoms with E-state index in [2.05, 4.69) is 34.5 Å². The van der Waals surface area contributed by atoms with Crippen molar-refractivity contribution in [1.29, 1.82) is 0 Å². The van der Waals surface area contributed by atoms with E-state index in [9.17, 15) is 4.79 Å². The number of amides is 1. The molecule has 0 spiro atoms. The molecule has 0 aromatic heterocycles. The molecule has 4 nitrogen and oxygen atoms in total. The van der Waals surface area contributed by atoms with Gasteiger partial charge in [0.25, 0.3) is 5.91 Å². The fraction of sp³-hybridized carbons (Fsp3) is 0.435. The number of hydrogen-bond acceptors (Lipinski definition) is 3. The maximum Gasteiger partial charge on any atom is 0.251 e. The number of ether oxygens (including phenoxy) is 1. The van der Waals surface area contributed by atoms with Crippen molar-refractivity contribution in [2.45, 2.75) is 38.1 Å². The van der Waals surface area contributed by atoms with Gasteiger partial charge in [-0.3, -0.25) is 9.69 Å². The maximum absolute atomic E-state index is 12.7. The van der Waals surface area contributed by atoms with Crippen molar-refractivity contribution in [3.63, 3.8) is 0 Å². The first kappa shape index (κ1) is 18.1. The van der Waals surface area contributed by atoms with Crippen molar-refractivity contribution in [3.8, 4) is 5.75 Å². The van der Waals surface area contributed by atoms with Crippen LogP contribution in [-0.2, 0) is 12.8 Å². The second-order valence-electron chi connectivity index (χ2n) is 7.58. The third-order valence-corrected chi connectivity index (χ3v) is 5.90. The average Bonchev–Trinajstić information content (AvgIpc) is 3.40. The minimum absolute atomic E-state index is 0.0300. The molecule has 27 heavy (non-hydrogen) atoms. The van der Waals surface area contributed by atoms with E-state index in [0.29, 0.717) is 6.54 Å². The van der Waals surface area contributed by atoms with E-state index in [1.165, 1.54) is 36.0 Å². The molecular weight excluding hydrogens is 336 g/mol.